The third-order valence-electron chi connectivity index (χ3n) is 3.66. The summed E-state index contributed by atoms with van der Waals surface area (Å²) >= 11 is 5.88. The van der Waals surface area contributed by atoms with Gasteiger partial charge in [-0.2, -0.15) is 0 Å². The highest BCUT2D eigenvalue weighted by molar-refractivity contribution is 6.30. The van der Waals surface area contributed by atoms with E-state index in [2.05, 4.69) is 10.6 Å². The minimum atomic E-state index is -0.363. The lowest BCUT2D eigenvalue weighted by molar-refractivity contribution is -0.123. The van der Waals surface area contributed by atoms with Gasteiger partial charge >= 0.3 is 0 Å². The monoisotopic (exact) mass is 330 g/mol. The number of nitrogens with one attached hydrogen (secondary N) is 2. The average Bonchev–Trinajstić information content (AvgIpc) is 2.47. The average molecular weight is 331 g/mol. The summed E-state index contributed by atoms with van der Waals surface area (Å²) in [7, 11) is 0. The van der Waals surface area contributed by atoms with Gasteiger partial charge in [0.05, 0.1) is 0 Å². The van der Waals surface area contributed by atoms with E-state index >= 15 is 0 Å². The van der Waals surface area contributed by atoms with Gasteiger partial charge in [-0.05, 0) is 61.7 Å². The lowest BCUT2D eigenvalue weighted by Gasteiger charge is -2.11. The van der Waals surface area contributed by atoms with Crippen LogP contribution in [0.2, 0.25) is 5.02 Å². The quantitative estimate of drug-likeness (QED) is 0.824. The maximum absolute atomic E-state index is 12.0. The van der Waals surface area contributed by atoms with Crippen LogP contribution >= 0.6 is 11.6 Å². The van der Waals surface area contributed by atoms with Gasteiger partial charge in [0.2, 0.25) is 11.8 Å². The molecule has 0 fully saturated rings. The fourth-order valence-electron chi connectivity index (χ4n) is 2.19. The minimum absolute atomic E-state index is 0.241. The van der Waals surface area contributed by atoms with Crippen molar-refractivity contribution >= 4 is 34.8 Å². The Bertz CT molecular complexity index is 757. The molecule has 0 aliphatic heterocycles. The number of halogens is 1. The second kappa shape index (κ2) is 7.29. The van der Waals surface area contributed by atoms with Gasteiger partial charge in [-0.1, -0.05) is 23.7 Å². The topological polar surface area (TPSA) is 58.2 Å². The van der Waals surface area contributed by atoms with Crippen LogP contribution in [0.5, 0.6) is 0 Å². The Hall–Kier alpha value is -2.33. The van der Waals surface area contributed by atoms with E-state index in [0.29, 0.717) is 10.7 Å². The van der Waals surface area contributed by atoms with Crippen molar-refractivity contribution in [2.75, 3.05) is 10.6 Å². The number of aryl methyl sites for hydroxylation is 2. The molecular formula is C18H19ClN2O2. The molecule has 23 heavy (non-hydrogen) atoms. The van der Waals surface area contributed by atoms with Crippen LogP contribution in [0.3, 0.4) is 0 Å². The highest BCUT2D eigenvalue weighted by Crippen LogP contribution is 2.20. The van der Waals surface area contributed by atoms with Crippen LogP contribution in [0.15, 0.2) is 36.4 Å². The molecule has 0 saturated heterocycles. The Morgan fingerprint density at radius 3 is 2.22 bits per heavy atom. The Morgan fingerprint density at radius 2 is 1.57 bits per heavy atom. The third kappa shape index (κ3) is 4.57. The molecule has 2 aromatic rings. The number of carbonyl (C=O) groups is 2. The number of hydrogen-bond donors (Lipinski definition) is 2. The van der Waals surface area contributed by atoms with Crippen LogP contribution in [0.1, 0.15) is 23.1 Å². The normalized spacial score (nSPS) is 10.3. The van der Waals surface area contributed by atoms with Gasteiger partial charge in [-0.25, -0.2) is 0 Å². The number of anilines is 2. The van der Waals surface area contributed by atoms with Gasteiger partial charge in [0.1, 0.15) is 6.42 Å². The smallest absolute Gasteiger partial charge is 0.233 e. The highest BCUT2D eigenvalue weighted by atomic mass is 35.5. The molecule has 0 saturated carbocycles. The van der Waals surface area contributed by atoms with Crippen molar-refractivity contribution in [3.05, 3.63) is 58.1 Å². The molecule has 0 radical (unpaired) electrons. The summed E-state index contributed by atoms with van der Waals surface area (Å²) in [6.45, 7) is 5.75. The van der Waals surface area contributed by atoms with E-state index in [-0.39, 0.29) is 18.2 Å². The maximum Gasteiger partial charge on any atom is 0.233 e. The van der Waals surface area contributed by atoms with Crippen LogP contribution in [0.25, 0.3) is 0 Å². The first-order valence-corrected chi connectivity index (χ1v) is 7.66. The fourth-order valence-corrected chi connectivity index (χ4v) is 2.42. The summed E-state index contributed by atoms with van der Waals surface area (Å²) in [5.41, 5.74) is 4.31. The van der Waals surface area contributed by atoms with Crippen LogP contribution in [-0.2, 0) is 9.59 Å². The second-order valence-electron chi connectivity index (χ2n) is 5.48. The molecule has 2 aromatic carbocycles. The molecule has 2 N–H and O–H groups in total. The number of amides is 2. The molecule has 0 bridgehead atoms. The SMILES string of the molecule is Cc1cc(Cl)ccc1NC(=O)CC(=O)Nc1cccc(C)c1C. The molecule has 0 unspecified atom stereocenters. The van der Waals surface area contributed by atoms with Crippen LogP contribution < -0.4 is 10.6 Å². The van der Waals surface area contributed by atoms with Crippen LogP contribution in [0.4, 0.5) is 11.4 Å². The van der Waals surface area contributed by atoms with Gasteiger partial charge in [0.25, 0.3) is 0 Å². The molecule has 2 amide bonds. The zero-order valence-electron chi connectivity index (χ0n) is 13.4. The van der Waals surface area contributed by atoms with Gasteiger partial charge < -0.3 is 10.6 Å². The molecule has 0 atom stereocenters. The maximum atomic E-state index is 12.0. The van der Waals surface area contributed by atoms with Crippen LogP contribution in [0, 0.1) is 20.8 Å². The molecule has 0 heterocycles. The standard InChI is InChI=1S/C18H19ClN2O2/c1-11-5-4-6-16(13(11)3)21-18(23)10-17(22)20-15-8-7-14(19)9-12(15)2/h4-9H,10H2,1-3H3,(H,20,22)(H,21,23). The van der Waals surface area contributed by atoms with Crippen molar-refractivity contribution in [1.29, 1.82) is 0 Å². The van der Waals surface area contributed by atoms with Crippen molar-refractivity contribution in [2.45, 2.75) is 27.2 Å². The molecular weight excluding hydrogens is 312 g/mol. The first-order chi connectivity index (χ1) is 10.9. The van der Waals surface area contributed by atoms with Gasteiger partial charge in [0, 0.05) is 16.4 Å². The minimum Gasteiger partial charge on any atom is -0.325 e. The van der Waals surface area contributed by atoms with Crippen molar-refractivity contribution in [1.82, 2.24) is 0 Å². The van der Waals surface area contributed by atoms with E-state index in [1.807, 2.05) is 39.0 Å². The lowest BCUT2D eigenvalue weighted by Crippen LogP contribution is -2.22. The zero-order valence-corrected chi connectivity index (χ0v) is 14.1. The lowest BCUT2D eigenvalue weighted by atomic mass is 10.1. The number of hydrogen-bond acceptors (Lipinski definition) is 2. The zero-order chi connectivity index (χ0) is 17.0. The summed E-state index contributed by atoms with van der Waals surface area (Å²) in [6, 6.07) is 10.8. The first-order valence-electron chi connectivity index (χ1n) is 7.29. The van der Waals surface area contributed by atoms with Gasteiger partial charge in [0.15, 0.2) is 0 Å². The Balaban J connectivity index is 1.97. The van der Waals surface area contributed by atoms with E-state index in [4.69, 9.17) is 11.6 Å². The predicted molar refractivity (Wildman–Crippen MR) is 94.0 cm³/mol. The van der Waals surface area contributed by atoms with Crippen molar-refractivity contribution < 1.29 is 9.59 Å². The van der Waals surface area contributed by atoms with Crippen molar-refractivity contribution in [3.8, 4) is 0 Å². The summed E-state index contributed by atoms with van der Waals surface area (Å²) in [5.74, 6) is -0.707. The molecule has 2 rings (SSSR count). The number of benzene rings is 2. The molecule has 5 heteroatoms. The third-order valence-corrected chi connectivity index (χ3v) is 3.90. The number of carbonyl (C=O) groups excluding carboxylic acids is 2. The largest absolute Gasteiger partial charge is 0.325 e. The van der Waals surface area contributed by atoms with E-state index in [1.165, 1.54) is 0 Å². The van der Waals surface area contributed by atoms with Crippen LogP contribution in [-0.4, -0.2) is 11.8 Å². The summed E-state index contributed by atoms with van der Waals surface area (Å²) in [5, 5.41) is 6.10. The Kier molecular flexibility index (Phi) is 5.40. The molecule has 120 valence electrons. The Morgan fingerprint density at radius 1 is 0.913 bits per heavy atom. The second-order valence-corrected chi connectivity index (χ2v) is 5.92. The summed E-state index contributed by atoms with van der Waals surface area (Å²) in [6.07, 6.45) is -0.241. The van der Waals surface area contributed by atoms with Crippen molar-refractivity contribution in [2.24, 2.45) is 0 Å². The molecule has 0 aliphatic rings. The Labute approximate surface area is 140 Å². The van der Waals surface area contributed by atoms with E-state index in [9.17, 15) is 9.59 Å². The van der Waals surface area contributed by atoms with E-state index in [1.54, 1.807) is 18.2 Å². The molecule has 0 aliphatic carbocycles. The van der Waals surface area contributed by atoms with Gasteiger partial charge in [-0.3, -0.25) is 9.59 Å². The summed E-state index contributed by atoms with van der Waals surface area (Å²) in [4.78, 5) is 24.0. The number of rotatable bonds is 4. The molecule has 0 aromatic heterocycles. The summed E-state index contributed by atoms with van der Waals surface area (Å²) < 4.78 is 0. The van der Waals surface area contributed by atoms with Crippen molar-refractivity contribution in [3.63, 3.8) is 0 Å². The predicted octanol–water partition coefficient (Wildman–Crippen LogP) is 4.23. The van der Waals surface area contributed by atoms with E-state index < -0.39 is 0 Å². The highest BCUT2D eigenvalue weighted by Gasteiger charge is 2.12. The van der Waals surface area contributed by atoms with E-state index in [0.717, 1.165) is 22.4 Å². The molecule has 4 nitrogen and oxygen atoms in total. The first kappa shape index (κ1) is 17.0. The fraction of sp³-hybridized carbons (Fsp3) is 0.222. The molecule has 0 spiro atoms. The van der Waals surface area contributed by atoms with Gasteiger partial charge in [-0.15, -0.1) is 0 Å².